The van der Waals surface area contributed by atoms with Gasteiger partial charge in [-0.1, -0.05) is 11.3 Å². The number of rotatable bonds is 4. The van der Waals surface area contributed by atoms with E-state index in [-0.39, 0.29) is 13.1 Å². The minimum absolute atomic E-state index is 0.272. The Hall–Kier alpha value is -2.35. The molecule has 0 bridgehead atoms. The smallest absolute Gasteiger partial charge is 0.304 e. The van der Waals surface area contributed by atoms with Gasteiger partial charge in [0.2, 0.25) is 5.82 Å². The van der Waals surface area contributed by atoms with Crippen LogP contribution < -0.4 is 5.73 Å². The molecule has 0 unspecified atom stereocenters. The van der Waals surface area contributed by atoms with E-state index in [1.165, 1.54) is 10.7 Å². The van der Waals surface area contributed by atoms with Gasteiger partial charge < -0.3 is 5.73 Å². The molecule has 0 amide bonds. The van der Waals surface area contributed by atoms with Crippen molar-refractivity contribution in [1.82, 2.24) is 15.0 Å². The van der Waals surface area contributed by atoms with E-state index < -0.39 is 16.4 Å². The molecule has 1 aromatic heterocycles. The molecule has 2 rings (SSSR count). The van der Waals surface area contributed by atoms with Crippen molar-refractivity contribution in [2.24, 2.45) is 5.73 Å². The van der Waals surface area contributed by atoms with Crippen molar-refractivity contribution in [2.45, 2.75) is 13.1 Å². The van der Waals surface area contributed by atoms with E-state index in [0.29, 0.717) is 11.3 Å². The maximum atomic E-state index is 13.4. The highest BCUT2D eigenvalue weighted by molar-refractivity contribution is 5.35. The van der Waals surface area contributed by atoms with Crippen molar-refractivity contribution in [3.05, 3.63) is 51.6 Å². The molecule has 0 saturated heterocycles. The number of benzene rings is 1. The summed E-state index contributed by atoms with van der Waals surface area (Å²) in [6.07, 6.45) is 1.64. The zero-order chi connectivity index (χ0) is 13.1. The van der Waals surface area contributed by atoms with Crippen LogP contribution >= 0.6 is 0 Å². The second-order valence-electron chi connectivity index (χ2n) is 3.65. The molecular formula is C10H10FN5O2. The minimum Gasteiger partial charge on any atom is -0.325 e. The molecule has 0 aliphatic carbocycles. The predicted molar refractivity (Wildman–Crippen MR) is 60.1 cm³/mol. The number of nitro benzene ring substituents is 1. The van der Waals surface area contributed by atoms with Gasteiger partial charge in [-0.25, -0.2) is 4.68 Å². The first-order valence-electron chi connectivity index (χ1n) is 5.12. The third kappa shape index (κ3) is 2.48. The summed E-state index contributed by atoms with van der Waals surface area (Å²) in [5.41, 5.74) is 6.03. The summed E-state index contributed by atoms with van der Waals surface area (Å²) in [6.45, 7) is 0.552. The van der Waals surface area contributed by atoms with Gasteiger partial charge in [0.05, 0.1) is 23.4 Å². The van der Waals surface area contributed by atoms with Crippen molar-refractivity contribution in [3.8, 4) is 0 Å². The Bertz CT molecular complexity index is 583. The van der Waals surface area contributed by atoms with Gasteiger partial charge in [-0.05, 0) is 11.6 Å². The number of hydrogen-bond donors (Lipinski definition) is 1. The zero-order valence-electron chi connectivity index (χ0n) is 9.28. The fourth-order valence-electron chi connectivity index (χ4n) is 1.49. The number of nitro groups is 1. The Morgan fingerprint density at radius 3 is 2.83 bits per heavy atom. The molecule has 0 fully saturated rings. The molecule has 8 heteroatoms. The Labute approximate surface area is 101 Å². The van der Waals surface area contributed by atoms with Crippen LogP contribution in [0.3, 0.4) is 0 Å². The molecule has 2 aromatic rings. The summed E-state index contributed by atoms with van der Waals surface area (Å²) in [5, 5.41) is 18.0. The molecule has 0 aliphatic rings. The average Bonchev–Trinajstić information content (AvgIpc) is 2.76. The first kappa shape index (κ1) is 12.1. The Kier molecular flexibility index (Phi) is 3.28. The van der Waals surface area contributed by atoms with Gasteiger partial charge in [0.25, 0.3) is 0 Å². The fraction of sp³-hybridized carbons (Fsp3) is 0.200. The van der Waals surface area contributed by atoms with Gasteiger partial charge in [-0.2, -0.15) is 4.39 Å². The zero-order valence-corrected chi connectivity index (χ0v) is 9.28. The highest BCUT2D eigenvalue weighted by Crippen LogP contribution is 2.18. The van der Waals surface area contributed by atoms with Crippen LogP contribution in [0.15, 0.2) is 24.4 Å². The normalized spacial score (nSPS) is 10.6. The van der Waals surface area contributed by atoms with Crippen LogP contribution in [0, 0.1) is 15.9 Å². The number of nitrogens with zero attached hydrogens (tertiary/aromatic N) is 4. The lowest BCUT2D eigenvalue weighted by Crippen LogP contribution is -2.02. The number of halogens is 1. The van der Waals surface area contributed by atoms with Crippen LogP contribution in [0.5, 0.6) is 0 Å². The lowest BCUT2D eigenvalue weighted by Gasteiger charge is -2.01. The second kappa shape index (κ2) is 4.88. The summed E-state index contributed by atoms with van der Waals surface area (Å²) < 4.78 is 14.9. The standard InChI is InChI=1S/C10H10FN5O2/c11-9-3-7(1-2-10(9)16(17)18)5-15-6-8(4-12)13-14-15/h1-3,6H,4-5,12H2. The topological polar surface area (TPSA) is 99.9 Å². The van der Waals surface area contributed by atoms with E-state index in [1.807, 2.05) is 0 Å². The molecule has 0 spiro atoms. The van der Waals surface area contributed by atoms with Gasteiger partial charge >= 0.3 is 5.69 Å². The van der Waals surface area contributed by atoms with Crippen molar-refractivity contribution in [2.75, 3.05) is 0 Å². The van der Waals surface area contributed by atoms with Crippen molar-refractivity contribution >= 4 is 5.69 Å². The lowest BCUT2D eigenvalue weighted by molar-refractivity contribution is -0.387. The Morgan fingerprint density at radius 1 is 1.50 bits per heavy atom. The van der Waals surface area contributed by atoms with Crippen LogP contribution in [0.1, 0.15) is 11.3 Å². The van der Waals surface area contributed by atoms with E-state index in [9.17, 15) is 14.5 Å². The van der Waals surface area contributed by atoms with Crippen molar-refractivity contribution in [1.29, 1.82) is 0 Å². The predicted octanol–water partition coefficient (Wildman–Crippen LogP) is 0.832. The second-order valence-corrected chi connectivity index (χ2v) is 3.65. The van der Waals surface area contributed by atoms with E-state index >= 15 is 0 Å². The highest BCUT2D eigenvalue weighted by atomic mass is 19.1. The third-order valence-corrected chi connectivity index (χ3v) is 2.35. The molecule has 2 N–H and O–H groups in total. The molecule has 0 atom stereocenters. The molecule has 18 heavy (non-hydrogen) atoms. The summed E-state index contributed by atoms with van der Waals surface area (Å²) >= 11 is 0. The van der Waals surface area contributed by atoms with E-state index in [4.69, 9.17) is 5.73 Å². The average molecular weight is 251 g/mol. The van der Waals surface area contributed by atoms with Gasteiger partial charge in [0.1, 0.15) is 0 Å². The molecule has 1 aromatic carbocycles. The van der Waals surface area contributed by atoms with E-state index in [1.54, 1.807) is 6.20 Å². The highest BCUT2D eigenvalue weighted by Gasteiger charge is 2.13. The first-order chi connectivity index (χ1) is 8.60. The van der Waals surface area contributed by atoms with E-state index in [2.05, 4.69) is 10.3 Å². The van der Waals surface area contributed by atoms with Crippen LogP contribution in [-0.4, -0.2) is 19.9 Å². The van der Waals surface area contributed by atoms with Gasteiger partial charge in [0.15, 0.2) is 0 Å². The third-order valence-electron chi connectivity index (χ3n) is 2.35. The molecule has 7 nitrogen and oxygen atoms in total. The summed E-state index contributed by atoms with van der Waals surface area (Å²) in [4.78, 5) is 9.69. The van der Waals surface area contributed by atoms with Crippen molar-refractivity contribution < 1.29 is 9.31 Å². The number of nitrogens with two attached hydrogens (primary N) is 1. The van der Waals surface area contributed by atoms with Crippen LogP contribution in [-0.2, 0) is 13.1 Å². The van der Waals surface area contributed by atoms with Crippen LogP contribution in [0.4, 0.5) is 10.1 Å². The van der Waals surface area contributed by atoms with Gasteiger partial charge in [-0.15, -0.1) is 5.10 Å². The molecule has 94 valence electrons. The first-order valence-corrected chi connectivity index (χ1v) is 5.12. The fourth-order valence-corrected chi connectivity index (χ4v) is 1.49. The quantitative estimate of drug-likeness (QED) is 0.640. The van der Waals surface area contributed by atoms with Gasteiger partial charge in [-0.3, -0.25) is 10.1 Å². The molecule has 0 saturated carbocycles. The van der Waals surface area contributed by atoms with Crippen LogP contribution in [0.25, 0.3) is 0 Å². The Morgan fingerprint density at radius 2 is 2.28 bits per heavy atom. The molecule has 0 radical (unpaired) electrons. The van der Waals surface area contributed by atoms with Crippen LogP contribution in [0.2, 0.25) is 0 Å². The maximum Gasteiger partial charge on any atom is 0.304 e. The van der Waals surface area contributed by atoms with E-state index in [0.717, 1.165) is 12.1 Å². The van der Waals surface area contributed by atoms with Crippen molar-refractivity contribution in [3.63, 3.8) is 0 Å². The monoisotopic (exact) mass is 251 g/mol. The maximum absolute atomic E-state index is 13.4. The summed E-state index contributed by atoms with van der Waals surface area (Å²) in [7, 11) is 0. The number of aromatic nitrogens is 3. The number of hydrogen-bond acceptors (Lipinski definition) is 5. The lowest BCUT2D eigenvalue weighted by atomic mass is 10.2. The molecular weight excluding hydrogens is 241 g/mol. The largest absolute Gasteiger partial charge is 0.325 e. The SMILES string of the molecule is NCc1cn(Cc2ccc([N+](=O)[O-])c(F)c2)nn1. The Balaban J connectivity index is 2.19. The minimum atomic E-state index is -0.864. The summed E-state index contributed by atoms with van der Waals surface area (Å²) in [5.74, 6) is -0.864. The molecule has 0 aliphatic heterocycles. The summed E-state index contributed by atoms with van der Waals surface area (Å²) in [6, 6.07) is 3.72. The molecule has 1 heterocycles. The van der Waals surface area contributed by atoms with Gasteiger partial charge in [0, 0.05) is 12.6 Å².